The number of anilines is 1. The molecule has 3 heterocycles. The fourth-order valence-corrected chi connectivity index (χ4v) is 5.64. The predicted octanol–water partition coefficient (Wildman–Crippen LogP) is 4.80. The lowest BCUT2D eigenvalue weighted by Gasteiger charge is -2.41. The molecular weight excluding hydrogens is 474 g/mol. The summed E-state index contributed by atoms with van der Waals surface area (Å²) in [6.07, 6.45) is 0.866. The highest BCUT2D eigenvalue weighted by Gasteiger charge is 2.36. The summed E-state index contributed by atoms with van der Waals surface area (Å²) in [7, 11) is 0. The number of hydrogen-bond acceptors (Lipinski definition) is 6. The van der Waals surface area contributed by atoms with E-state index in [0.717, 1.165) is 54.6 Å². The summed E-state index contributed by atoms with van der Waals surface area (Å²) in [5.74, 6) is 0.714. The highest BCUT2D eigenvalue weighted by Crippen LogP contribution is 2.33. The van der Waals surface area contributed by atoms with E-state index in [0.29, 0.717) is 11.4 Å². The second-order valence-electron chi connectivity index (χ2n) is 11.4. The number of rotatable bonds is 6. The van der Waals surface area contributed by atoms with Gasteiger partial charge in [-0.05, 0) is 98.8 Å². The van der Waals surface area contributed by atoms with Crippen molar-refractivity contribution in [3.05, 3.63) is 80.4 Å². The van der Waals surface area contributed by atoms with Crippen LogP contribution in [0.3, 0.4) is 0 Å². The number of fused-ring (bicyclic) bond motifs is 1. The molecule has 0 amide bonds. The van der Waals surface area contributed by atoms with Crippen LogP contribution in [0, 0.1) is 27.7 Å². The third-order valence-corrected chi connectivity index (χ3v) is 8.41. The Morgan fingerprint density at radius 1 is 1.00 bits per heavy atom. The molecule has 1 aliphatic heterocycles. The molecule has 2 aromatic carbocycles. The maximum absolute atomic E-state index is 13.7. The maximum Gasteiger partial charge on any atom is 0.253 e. The molecule has 0 bridgehead atoms. The van der Waals surface area contributed by atoms with Crippen LogP contribution in [0.15, 0.2) is 41.2 Å². The first-order valence-corrected chi connectivity index (χ1v) is 13.6. The summed E-state index contributed by atoms with van der Waals surface area (Å²) in [6.45, 7) is 18.2. The number of nitrogens with zero attached hydrogens (tertiary/aromatic N) is 6. The summed E-state index contributed by atoms with van der Waals surface area (Å²) in [6, 6.07) is 12.4. The number of aromatic amines is 1. The number of H-pyrrole nitrogens is 1. The van der Waals surface area contributed by atoms with E-state index in [1.54, 1.807) is 0 Å². The quantitative estimate of drug-likeness (QED) is 0.399. The number of aromatic nitrogens is 5. The average Bonchev–Trinajstić information content (AvgIpc) is 3.37. The van der Waals surface area contributed by atoms with Gasteiger partial charge in [0.2, 0.25) is 0 Å². The Kier molecular flexibility index (Phi) is 6.86. The van der Waals surface area contributed by atoms with E-state index in [2.05, 4.69) is 109 Å². The van der Waals surface area contributed by atoms with E-state index in [1.807, 2.05) is 10.7 Å². The molecule has 8 nitrogen and oxygen atoms in total. The van der Waals surface area contributed by atoms with Crippen LogP contribution < -0.4 is 10.5 Å². The second-order valence-corrected chi connectivity index (χ2v) is 11.4. The Labute approximate surface area is 224 Å². The zero-order chi connectivity index (χ0) is 27.2. The third-order valence-electron chi connectivity index (χ3n) is 8.41. The first-order valence-electron chi connectivity index (χ1n) is 13.6. The fraction of sp³-hybridized carbons (Fsp3) is 0.467. The topological polar surface area (TPSA) is 82.9 Å². The minimum Gasteiger partial charge on any atom is -0.369 e. The smallest absolute Gasteiger partial charge is 0.253 e. The highest BCUT2D eigenvalue weighted by molar-refractivity contribution is 5.83. The monoisotopic (exact) mass is 513 g/mol. The third kappa shape index (κ3) is 4.62. The molecule has 0 aliphatic carbocycles. The summed E-state index contributed by atoms with van der Waals surface area (Å²) < 4.78 is 1.92. The van der Waals surface area contributed by atoms with Gasteiger partial charge in [-0.2, -0.15) is 0 Å². The van der Waals surface area contributed by atoms with Gasteiger partial charge in [-0.25, -0.2) is 4.68 Å². The molecule has 38 heavy (non-hydrogen) atoms. The van der Waals surface area contributed by atoms with Gasteiger partial charge >= 0.3 is 0 Å². The lowest BCUT2D eigenvalue weighted by Crippen LogP contribution is -2.49. The van der Waals surface area contributed by atoms with Crippen molar-refractivity contribution in [1.82, 2.24) is 30.1 Å². The van der Waals surface area contributed by atoms with E-state index in [9.17, 15) is 4.79 Å². The van der Waals surface area contributed by atoms with Crippen LogP contribution in [0.2, 0.25) is 0 Å². The number of piperazine rings is 1. The number of tetrazole rings is 1. The molecule has 4 aromatic rings. The number of pyridine rings is 1. The van der Waals surface area contributed by atoms with E-state index in [-0.39, 0.29) is 17.1 Å². The first-order chi connectivity index (χ1) is 18.1. The molecule has 1 N–H and O–H groups in total. The van der Waals surface area contributed by atoms with Crippen molar-refractivity contribution in [2.24, 2.45) is 0 Å². The molecule has 8 heteroatoms. The van der Waals surface area contributed by atoms with Crippen molar-refractivity contribution in [2.45, 2.75) is 66.5 Å². The summed E-state index contributed by atoms with van der Waals surface area (Å²) in [5.41, 5.74) is 7.36. The van der Waals surface area contributed by atoms with E-state index in [1.165, 1.54) is 16.8 Å². The number of hydrogen-bond donors (Lipinski definition) is 1. The van der Waals surface area contributed by atoms with Gasteiger partial charge in [-0.3, -0.25) is 9.69 Å². The lowest BCUT2D eigenvalue weighted by molar-refractivity contribution is 0.186. The molecule has 2 aromatic heterocycles. The largest absolute Gasteiger partial charge is 0.369 e. The minimum atomic E-state index is -0.356. The molecule has 0 saturated carbocycles. The number of benzene rings is 2. The second kappa shape index (κ2) is 9.98. The van der Waals surface area contributed by atoms with Gasteiger partial charge in [0.1, 0.15) is 6.04 Å². The SMILES string of the molecule is CCC(C)(C)n1nnnc1[C@@H](c1cc2c(C)cc(C)cc2[nH]c1=O)N1CCN(c2cccc(C)c2C)CC1. The Hall–Kier alpha value is -3.52. The van der Waals surface area contributed by atoms with Gasteiger partial charge in [0.15, 0.2) is 5.82 Å². The molecule has 200 valence electrons. The molecule has 1 aliphatic rings. The average molecular weight is 514 g/mol. The summed E-state index contributed by atoms with van der Waals surface area (Å²) >= 11 is 0. The lowest BCUT2D eigenvalue weighted by atomic mass is 9.97. The Morgan fingerprint density at radius 3 is 2.45 bits per heavy atom. The Morgan fingerprint density at radius 2 is 1.74 bits per heavy atom. The van der Waals surface area contributed by atoms with E-state index in [4.69, 9.17) is 0 Å². The van der Waals surface area contributed by atoms with Crippen LogP contribution in [0.25, 0.3) is 10.9 Å². The van der Waals surface area contributed by atoms with Crippen LogP contribution >= 0.6 is 0 Å². The van der Waals surface area contributed by atoms with Gasteiger partial charge in [0.05, 0.1) is 5.54 Å². The molecule has 1 atom stereocenters. The van der Waals surface area contributed by atoms with Gasteiger partial charge in [-0.1, -0.05) is 25.1 Å². The minimum absolute atomic E-state index is 0.0895. The van der Waals surface area contributed by atoms with Gasteiger partial charge < -0.3 is 9.88 Å². The highest BCUT2D eigenvalue weighted by atomic mass is 16.1. The van der Waals surface area contributed by atoms with Crippen molar-refractivity contribution in [1.29, 1.82) is 0 Å². The van der Waals surface area contributed by atoms with Crippen molar-refractivity contribution in [2.75, 3.05) is 31.1 Å². The first kappa shape index (κ1) is 26.1. The predicted molar refractivity (Wildman–Crippen MR) is 153 cm³/mol. The zero-order valence-corrected chi connectivity index (χ0v) is 23.7. The fourth-order valence-electron chi connectivity index (χ4n) is 5.64. The van der Waals surface area contributed by atoms with E-state index < -0.39 is 0 Å². The van der Waals surface area contributed by atoms with Gasteiger partial charge in [0, 0.05) is 48.3 Å². The van der Waals surface area contributed by atoms with Crippen molar-refractivity contribution < 1.29 is 0 Å². The van der Waals surface area contributed by atoms with Crippen molar-refractivity contribution >= 4 is 16.6 Å². The molecule has 5 rings (SSSR count). The Bertz CT molecular complexity index is 1530. The molecular formula is C30H39N7O. The van der Waals surface area contributed by atoms with Crippen molar-refractivity contribution in [3.63, 3.8) is 0 Å². The van der Waals surface area contributed by atoms with Crippen LogP contribution in [0.5, 0.6) is 0 Å². The summed E-state index contributed by atoms with van der Waals surface area (Å²) in [4.78, 5) is 21.7. The standard InChI is InChI=1S/C30H39N7O/c1-8-30(6,7)37-28(32-33-34-37)27(24-18-23-21(4)16-19(2)17-25(23)31-29(24)38)36-14-12-35(13-15-36)26-11-9-10-20(3)22(26)5/h9-11,16-18,27H,8,12-15H2,1-7H3,(H,31,38)/t27-/m1/s1. The number of nitrogens with one attached hydrogen (secondary N) is 1. The molecule has 0 radical (unpaired) electrons. The van der Waals surface area contributed by atoms with Crippen LogP contribution in [0.1, 0.15) is 66.9 Å². The number of aryl methyl sites for hydroxylation is 3. The van der Waals surface area contributed by atoms with Gasteiger partial charge in [0.25, 0.3) is 5.56 Å². The molecule has 1 saturated heterocycles. The van der Waals surface area contributed by atoms with Crippen LogP contribution in [-0.2, 0) is 5.54 Å². The molecule has 0 spiro atoms. The maximum atomic E-state index is 13.7. The zero-order valence-electron chi connectivity index (χ0n) is 23.7. The van der Waals surface area contributed by atoms with Crippen molar-refractivity contribution in [3.8, 4) is 0 Å². The molecule has 0 unspecified atom stereocenters. The van der Waals surface area contributed by atoms with Gasteiger partial charge in [-0.15, -0.1) is 5.10 Å². The van der Waals surface area contributed by atoms with Crippen LogP contribution in [-0.4, -0.2) is 56.3 Å². The van der Waals surface area contributed by atoms with Crippen LogP contribution in [0.4, 0.5) is 5.69 Å². The molecule has 1 fully saturated rings. The normalized spacial score (nSPS) is 15.8. The Balaban J connectivity index is 1.59. The van der Waals surface area contributed by atoms with E-state index >= 15 is 0 Å². The summed E-state index contributed by atoms with van der Waals surface area (Å²) in [5, 5.41) is 14.1.